The molecule has 0 bridgehead atoms. The van der Waals surface area contributed by atoms with Crippen molar-refractivity contribution < 1.29 is 9.53 Å². The zero-order chi connectivity index (χ0) is 11.0. The monoisotopic (exact) mass is 224 g/mol. The Labute approximate surface area is 91.4 Å². The van der Waals surface area contributed by atoms with Gasteiger partial charge in [0.15, 0.2) is 5.15 Å². The van der Waals surface area contributed by atoms with E-state index in [-0.39, 0.29) is 5.97 Å². The number of ether oxygens (including phenoxy) is 1. The summed E-state index contributed by atoms with van der Waals surface area (Å²) in [6.07, 6.45) is 1.75. The fraction of sp³-hybridized carbons (Fsp3) is 0.200. The summed E-state index contributed by atoms with van der Waals surface area (Å²) in [4.78, 5) is 15.4. The highest BCUT2D eigenvalue weighted by atomic mass is 35.5. The van der Waals surface area contributed by atoms with Crippen molar-refractivity contribution in [2.24, 2.45) is 0 Å². The Morgan fingerprint density at radius 2 is 2.33 bits per heavy atom. The van der Waals surface area contributed by atoms with Gasteiger partial charge in [-0.05, 0) is 19.1 Å². The number of methoxy groups -OCH3 is 1. The molecule has 0 spiro atoms. The minimum atomic E-state index is -0.382. The van der Waals surface area contributed by atoms with Crippen molar-refractivity contribution in [2.75, 3.05) is 7.11 Å². The van der Waals surface area contributed by atoms with Gasteiger partial charge in [-0.15, -0.1) is 0 Å². The molecule has 0 aliphatic rings. The number of fused-ring (bicyclic) bond motifs is 1. The zero-order valence-corrected chi connectivity index (χ0v) is 9.08. The average Bonchev–Trinajstić information content (AvgIpc) is 2.53. The van der Waals surface area contributed by atoms with Gasteiger partial charge in [0.05, 0.1) is 18.2 Å². The molecule has 2 aromatic heterocycles. The molecule has 2 rings (SSSR count). The van der Waals surface area contributed by atoms with E-state index in [0.717, 1.165) is 5.82 Å². The fourth-order valence-corrected chi connectivity index (χ4v) is 1.71. The predicted octanol–water partition coefficient (Wildman–Crippen LogP) is 2.08. The molecule has 0 aliphatic heterocycles. The number of imidazole rings is 1. The van der Waals surface area contributed by atoms with Crippen molar-refractivity contribution in [2.45, 2.75) is 6.92 Å². The van der Waals surface area contributed by atoms with Crippen molar-refractivity contribution in [1.29, 1.82) is 0 Å². The highest BCUT2D eigenvalue weighted by Gasteiger charge is 2.10. The minimum absolute atomic E-state index is 0.382. The van der Waals surface area contributed by atoms with Gasteiger partial charge in [-0.25, -0.2) is 9.78 Å². The minimum Gasteiger partial charge on any atom is -0.465 e. The molecular formula is C10H9ClN2O2. The second-order valence-electron chi connectivity index (χ2n) is 3.11. The molecule has 5 heteroatoms. The highest BCUT2D eigenvalue weighted by molar-refractivity contribution is 6.32. The Morgan fingerprint density at radius 3 is 3.00 bits per heavy atom. The molecule has 15 heavy (non-hydrogen) atoms. The van der Waals surface area contributed by atoms with Crippen LogP contribution in [0.2, 0.25) is 5.15 Å². The summed E-state index contributed by atoms with van der Waals surface area (Å²) >= 11 is 5.91. The van der Waals surface area contributed by atoms with Gasteiger partial charge in [0, 0.05) is 6.20 Å². The first kappa shape index (κ1) is 9.98. The molecule has 2 heterocycles. The molecule has 0 saturated heterocycles. The summed E-state index contributed by atoms with van der Waals surface area (Å²) in [6.45, 7) is 1.84. The number of halogens is 1. The molecule has 0 unspecified atom stereocenters. The maximum absolute atomic E-state index is 11.3. The molecule has 0 radical (unpaired) electrons. The van der Waals surface area contributed by atoms with E-state index in [1.54, 1.807) is 18.3 Å². The number of esters is 1. The first-order valence-corrected chi connectivity index (χ1v) is 4.74. The molecule has 0 amide bonds. The summed E-state index contributed by atoms with van der Waals surface area (Å²) in [5, 5.41) is 0.387. The third-order valence-electron chi connectivity index (χ3n) is 2.20. The van der Waals surface area contributed by atoms with Crippen LogP contribution in [0.4, 0.5) is 0 Å². The Hall–Kier alpha value is -1.55. The van der Waals surface area contributed by atoms with Gasteiger partial charge in [-0.3, -0.25) is 0 Å². The summed E-state index contributed by atoms with van der Waals surface area (Å²) in [5.41, 5.74) is 1.17. The van der Waals surface area contributed by atoms with E-state index in [0.29, 0.717) is 16.2 Å². The van der Waals surface area contributed by atoms with E-state index in [4.69, 9.17) is 11.6 Å². The lowest BCUT2D eigenvalue weighted by molar-refractivity contribution is 0.0601. The lowest BCUT2D eigenvalue weighted by Crippen LogP contribution is -2.01. The standard InChI is InChI=1S/C10H9ClN2O2/c1-6-12-9(11)8-5-7(10(14)15-2)3-4-13(6)8/h3-5H,1-2H3. The summed E-state index contributed by atoms with van der Waals surface area (Å²) in [7, 11) is 1.34. The molecule has 0 saturated carbocycles. The van der Waals surface area contributed by atoms with Crippen molar-refractivity contribution in [3.8, 4) is 0 Å². The van der Waals surface area contributed by atoms with E-state index in [9.17, 15) is 4.79 Å². The topological polar surface area (TPSA) is 43.6 Å². The van der Waals surface area contributed by atoms with Crippen LogP contribution in [-0.4, -0.2) is 22.5 Å². The van der Waals surface area contributed by atoms with Crippen LogP contribution < -0.4 is 0 Å². The number of rotatable bonds is 1. The van der Waals surface area contributed by atoms with Crippen LogP contribution in [0.3, 0.4) is 0 Å². The molecule has 4 nitrogen and oxygen atoms in total. The third kappa shape index (κ3) is 1.57. The van der Waals surface area contributed by atoms with Gasteiger partial charge in [0.25, 0.3) is 0 Å². The number of aryl methyl sites for hydroxylation is 1. The van der Waals surface area contributed by atoms with E-state index in [1.807, 2.05) is 11.3 Å². The fourth-order valence-electron chi connectivity index (χ4n) is 1.44. The van der Waals surface area contributed by atoms with Crippen LogP contribution in [-0.2, 0) is 4.74 Å². The summed E-state index contributed by atoms with van der Waals surface area (Å²) < 4.78 is 6.43. The molecule has 0 N–H and O–H groups in total. The van der Waals surface area contributed by atoms with Crippen LogP contribution >= 0.6 is 11.6 Å². The second kappa shape index (κ2) is 3.55. The molecule has 0 atom stereocenters. The normalized spacial score (nSPS) is 10.6. The third-order valence-corrected chi connectivity index (χ3v) is 2.47. The smallest absolute Gasteiger partial charge is 0.337 e. The largest absolute Gasteiger partial charge is 0.465 e. The molecule has 0 aromatic carbocycles. The van der Waals surface area contributed by atoms with Crippen molar-refractivity contribution in [3.05, 3.63) is 34.9 Å². The van der Waals surface area contributed by atoms with Gasteiger partial charge in [-0.1, -0.05) is 11.6 Å². The quantitative estimate of drug-likeness (QED) is 0.697. The molecule has 0 fully saturated rings. The summed E-state index contributed by atoms with van der Waals surface area (Å²) in [5.74, 6) is 0.402. The number of nitrogens with zero attached hydrogens (tertiary/aromatic N) is 2. The number of aromatic nitrogens is 2. The Balaban J connectivity index is 2.65. The lowest BCUT2D eigenvalue weighted by Gasteiger charge is -2.00. The van der Waals surface area contributed by atoms with Crippen LogP contribution in [0.15, 0.2) is 18.3 Å². The van der Waals surface area contributed by atoms with E-state index in [1.165, 1.54) is 7.11 Å². The van der Waals surface area contributed by atoms with Crippen molar-refractivity contribution in [3.63, 3.8) is 0 Å². The van der Waals surface area contributed by atoms with Gasteiger partial charge in [-0.2, -0.15) is 0 Å². The van der Waals surface area contributed by atoms with Crippen LogP contribution in [0.5, 0.6) is 0 Å². The van der Waals surface area contributed by atoms with Gasteiger partial charge in [0.1, 0.15) is 5.82 Å². The summed E-state index contributed by atoms with van der Waals surface area (Å²) in [6, 6.07) is 3.33. The van der Waals surface area contributed by atoms with Crippen LogP contribution in [0, 0.1) is 6.92 Å². The van der Waals surface area contributed by atoms with E-state index in [2.05, 4.69) is 9.72 Å². The molecule has 78 valence electrons. The van der Waals surface area contributed by atoms with Crippen molar-refractivity contribution >= 4 is 23.1 Å². The SMILES string of the molecule is COC(=O)c1ccn2c(C)nc(Cl)c2c1. The predicted molar refractivity (Wildman–Crippen MR) is 56.3 cm³/mol. The van der Waals surface area contributed by atoms with E-state index < -0.39 is 0 Å². The number of carbonyl (C=O) groups excluding carboxylic acids is 1. The Morgan fingerprint density at radius 1 is 1.60 bits per heavy atom. The van der Waals surface area contributed by atoms with E-state index >= 15 is 0 Å². The van der Waals surface area contributed by atoms with Gasteiger partial charge >= 0.3 is 5.97 Å². The Kier molecular flexibility index (Phi) is 2.36. The number of pyridine rings is 1. The van der Waals surface area contributed by atoms with Gasteiger partial charge in [0.2, 0.25) is 0 Å². The number of hydrogen-bond donors (Lipinski definition) is 0. The van der Waals surface area contributed by atoms with Gasteiger partial charge < -0.3 is 9.14 Å². The lowest BCUT2D eigenvalue weighted by atomic mass is 10.2. The van der Waals surface area contributed by atoms with Crippen LogP contribution in [0.1, 0.15) is 16.2 Å². The first-order chi connectivity index (χ1) is 7.13. The maximum Gasteiger partial charge on any atom is 0.337 e. The zero-order valence-electron chi connectivity index (χ0n) is 8.32. The number of carbonyl (C=O) groups is 1. The maximum atomic E-state index is 11.3. The Bertz CT molecular complexity index is 533. The van der Waals surface area contributed by atoms with Crippen molar-refractivity contribution in [1.82, 2.24) is 9.38 Å². The first-order valence-electron chi connectivity index (χ1n) is 4.36. The molecule has 2 aromatic rings. The number of hydrogen-bond acceptors (Lipinski definition) is 3. The highest BCUT2D eigenvalue weighted by Crippen LogP contribution is 2.19. The second-order valence-corrected chi connectivity index (χ2v) is 3.47. The average molecular weight is 225 g/mol. The molecule has 0 aliphatic carbocycles. The molecular weight excluding hydrogens is 216 g/mol. The van der Waals surface area contributed by atoms with Crippen LogP contribution in [0.25, 0.3) is 5.52 Å².